The summed E-state index contributed by atoms with van der Waals surface area (Å²) in [5.74, 6) is 1.78. The maximum atomic E-state index is 5.51. The van der Waals surface area contributed by atoms with Gasteiger partial charge in [0.2, 0.25) is 0 Å². The molecule has 1 unspecified atom stereocenters. The fraction of sp³-hybridized carbons (Fsp3) is 0.600. The van der Waals surface area contributed by atoms with Crippen molar-refractivity contribution in [2.75, 3.05) is 33.3 Å². The lowest BCUT2D eigenvalue weighted by Crippen LogP contribution is -2.24. The first-order valence-electron chi connectivity index (χ1n) is 6.89. The Labute approximate surface area is 110 Å². The average molecular weight is 248 g/mol. The lowest BCUT2D eigenvalue weighted by molar-refractivity contribution is 0.339. The Bertz CT molecular complexity index is 367. The standard InChI is InChI=1S/C15H24N2O/c1-3-18-15-6-4-5-13(9-15)10-16-11-14-7-8-17(2)12-14/h4-6,9,14,16H,3,7-8,10-12H2,1-2H3. The normalized spacial score (nSPS) is 20.2. The molecule has 0 saturated carbocycles. The molecule has 0 aliphatic carbocycles. The average Bonchev–Trinajstić information content (AvgIpc) is 2.76. The number of benzene rings is 1. The summed E-state index contributed by atoms with van der Waals surface area (Å²) in [4.78, 5) is 2.40. The molecule has 1 N–H and O–H groups in total. The molecule has 3 nitrogen and oxygen atoms in total. The van der Waals surface area contributed by atoms with Gasteiger partial charge >= 0.3 is 0 Å². The first-order valence-corrected chi connectivity index (χ1v) is 6.89. The van der Waals surface area contributed by atoms with E-state index in [2.05, 4.69) is 35.5 Å². The number of nitrogens with zero attached hydrogens (tertiary/aromatic N) is 1. The predicted octanol–water partition coefficient (Wildman–Crippen LogP) is 2.13. The zero-order valence-corrected chi connectivity index (χ0v) is 11.5. The minimum Gasteiger partial charge on any atom is -0.494 e. The summed E-state index contributed by atoms with van der Waals surface area (Å²) in [6.45, 7) is 7.26. The summed E-state index contributed by atoms with van der Waals surface area (Å²) in [5.41, 5.74) is 1.30. The number of hydrogen-bond acceptors (Lipinski definition) is 3. The Hall–Kier alpha value is -1.06. The quantitative estimate of drug-likeness (QED) is 0.834. The van der Waals surface area contributed by atoms with Crippen LogP contribution in [0, 0.1) is 5.92 Å². The van der Waals surface area contributed by atoms with E-state index in [9.17, 15) is 0 Å². The zero-order valence-electron chi connectivity index (χ0n) is 11.5. The second kappa shape index (κ2) is 6.76. The maximum absolute atomic E-state index is 5.51. The van der Waals surface area contributed by atoms with E-state index in [-0.39, 0.29) is 0 Å². The van der Waals surface area contributed by atoms with Crippen molar-refractivity contribution in [3.05, 3.63) is 29.8 Å². The molecule has 3 heteroatoms. The molecule has 0 amide bonds. The van der Waals surface area contributed by atoms with Gasteiger partial charge in [0, 0.05) is 13.1 Å². The van der Waals surface area contributed by atoms with Gasteiger partial charge in [-0.1, -0.05) is 12.1 Å². The Morgan fingerprint density at radius 1 is 1.44 bits per heavy atom. The smallest absolute Gasteiger partial charge is 0.119 e. The molecule has 2 rings (SSSR count). The maximum Gasteiger partial charge on any atom is 0.119 e. The molecule has 0 spiro atoms. The summed E-state index contributed by atoms with van der Waals surface area (Å²) in [5, 5.41) is 3.55. The van der Waals surface area contributed by atoms with Crippen LogP contribution >= 0.6 is 0 Å². The first kappa shape index (κ1) is 13.4. The second-order valence-electron chi connectivity index (χ2n) is 5.13. The van der Waals surface area contributed by atoms with Crippen LogP contribution in [0.2, 0.25) is 0 Å². The molecule has 1 heterocycles. The summed E-state index contributed by atoms with van der Waals surface area (Å²) in [6.07, 6.45) is 1.32. The zero-order chi connectivity index (χ0) is 12.8. The van der Waals surface area contributed by atoms with Gasteiger partial charge in [-0.25, -0.2) is 0 Å². The third-order valence-electron chi connectivity index (χ3n) is 3.46. The van der Waals surface area contributed by atoms with Gasteiger partial charge in [0.15, 0.2) is 0 Å². The van der Waals surface area contributed by atoms with Crippen LogP contribution in [0.15, 0.2) is 24.3 Å². The minimum absolute atomic E-state index is 0.727. The molecule has 1 aliphatic rings. The number of nitrogens with one attached hydrogen (secondary N) is 1. The van der Waals surface area contributed by atoms with Crippen molar-refractivity contribution < 1.29 is 4.74 Å². The molecule has 1 fully saturated rings. The van der Waals surface area contributed by atoms with E-state index in [0.717, 1.165) is 31.4 Å². The molecule has 0 radical (unpaired) electrons. The molecule has 1 aromatic carbocycles. The molecule has 0 bridgehead atoms. The lowest BCUT2D eigenvalue weighted by Gasteiger charge is -2.12. The highest BCUT2D eigenvalue weighted by Crippen LogP contribution is 2.15. The van der Waals surface area contributed by atoms with E-state index in [1.54, 1.807) is 0 Å². The van der Waals surface area contributed by atoms with E-state index in [1.165, 1.54) is 25.1 Å². The van der Waals surface area contributed by atoms with Crippen molar-refractivity contribution in [2.24, 2.45) is 5.92 Å². The Morgan fingerprint density at radius 2 is 2.33 bits per heavy atom. The predicted molar refractivity (Wildman–Crippen MR) is 74.9 cm³/mol. The Balaban J connectivity index is 1.74. The van der Waals surface area contributed by atoms with E-state index in [1.807, 2.05) is 13.0 Å². The van der Waals surface area contributed by atoms with Crippen LogP contribution in [-0.2, 0) is 6.54 Å². The molecule has 1 aromatic rings. The summed E-state index contributed by atoms with van der Waals surface area (Å²) < 4.78 is 5.51. The molecular formula is C15H24N2O. The molecule has 1 atom stereocenters. The first-order chi connectivity index (χ1) is 8.78. The van der Waals surface area contributed by atoms with Crippen molar-refractivity contribution >= 4 is 0 Å². The third-order valence-corrected chi connectivity index (χ3v) is 3.46. The van der Waals surface area contributed by atoms with Gasteiger partial charge in [-0.15, -0.1) is 0 Å². The second-order valence-corrected chi connectivity index (χ2v) is 5.13. The lowest BCUT2D eigenvalue weighted by atomic mass is 10.1. The van der Waals surface area contributed by atoms with Gasteiger partial charge in [-0.05, 0) is 57.1 Å². The van der Waals surface area contributed by atoms with Gasteiger partial charge in [-0.2, -0.15) is 0 Å². The van der Waals surface area contributed by atoms with E-state index < -0.39 is 0 Å². The van der Waals surface area contributed by atoms with Crippen LogP contribution in [-0.4, -0.2) is 38.2 Å². The summed E-state index contributed by atoms with van der Waals surface area (Å²) >= 11 is 0. The topological polar surface area (TPSA) is 24.5 Å². The van der Waals surface area contributed by atoms with E-state index >= 15 is 0 Å². The van der Waals surface area contributed by atoms with E-state index in [0.29, 0.717) is 0 Å². The fourth-order valence-corrected chi connectivity index (χ4v) is 2.53. The molecule has 1 saturated heterocycles. The Morgan fingerprint density at radius 3 is 3.06 bits per heavy atom. The Kier molecular flexibility index (Phi) is 5.02. The molecular weight excluding hydrogens is 224 g/mol. The van der Waals surface area contributed by atoms with Crippen LogP contribution < -0.4 is 10.1 Å². The number of ether oxygens (including phenoxy) is 1. The van der Waals surface area contributed by atoms with Gasteiger partial charge in [0.1, 0.15) is 5.75 Å². The van der Waals surface area contributed by atoms with Crippen molar-refractivity contribution in [3.8, 4) is 5.75 Å². The largest absolute Gasteiger partial charge is 0.494 e. The van der Waals surface area contributed by atoms with Gasteiger partial charge in [0.05, 0.1) is 6.61 Å². The van der Waals surface area contributed by atoms with Crippen molar-refractivity contribution in [1.82, 2.24) is 10.2 Å². The van der Waals surface area contributed by atoms with E-state index in [4.69, 9.17) is 4.74 Å². The molecule has 100 valence electrons. The van der Waals surface area contributed by atoms with Crippen LogP contribution in [0.3, 0.4) is 0 Å². The number of hydrogen-bond donors (Lipinski definition) is 1. The van der Waals surface area contributed by atoms with Crippen molar-refractivity contribution in [2.45, 2.75) is 19.9 Å². The van der Waals surface area contributed by atoms with Gasteiger partial charge < -0.3 is 15.0 Å². The minimum atomic E-state index is 0.727. The number of likely N-dealkylation sites (tertiary alicyclic amines) is 1. The molecule has 1 aliphatic heterocycles. The fourth-order valence-electron chi connectivity index (χ4n) is 2.53. The van der Waals surface area contributed by atoms with Gasteiger partial charge in [0.25, 0.3) is 0 Å². The molecule has 0 aromatic heterocycles. The summed E-state index contributed by atoms with van der Waals surface area (Å²) in [6, 6.07) is 8.35. The highest BCUT2D eigenvalue weighted by molar-refractivity contribution is 5.28. The number of rotatable bonds is 6. The highest BCUT2D eigenvalue weighted by atomic mass is 16.5. The van der Waals surface area contributed by atoms with Crippen LogP contribution in [0.4, 0.5) is 0 Å². The summed E-state index contributed by atoms with van der Waals surface area (Å²) in [7, 11) is 2.20. The van der Waals surface area contributed by atoms with Crippen LogP contribution in [0.25, 0.3) is 0 Å². The van der Waals surface area contributed by atoms with Crippen LogP contribution in [0.1, 0.15) is 18.9 Å². The highest BCUT2D eigenvalue weighted by Gasteiger charge is 2.18. The van der Waals surface area contributed by atoms with Crippen LogP contribution in [0.5, 0.6) is 5.75 Å². The van der Waals surface area contributed by atoms with Crippen molar-refractivity contribution in [1.29, 1.82) is 0 Å². The monoisotopic (exact) mass is 248 g/mol. The molecule has 18 heavy (non-hydrogen) atoms. The SMILES string of the molecule is CCOc1cccc(CNCC2CCN(C)C2)c1. The third kappa shape index (κ3) is 4.00. The van der Waals surface area contributed by atoms with Crippen molar-refractivity contribution in [3.63, 3.8) is 0 Å². The van der Waals surface area contributed by atoms with Gasteiger partial charge in [-0.3, -0.25) is 0 Å².